The van der Waals surface area contributed by atoms with E-state index < -0.39 is 0 Å². The molecule has 1 saturated heterocycles. The van der Waals surface area contributed by atoms with Gasteiger partial charge in [-0.05, 0) is 18.2 Å². The lowest BCUT2D eigenvalue weighted by molar-refractivity contribution is -0.117. The fourth-order valence-electron chi connectivity index (χ4n) is 1.56. The summed E-state index contributed by atoms with van der Waals surface area (Å²) in [6, 6.07) is 7.81. The van der Waals surface area contributed by atoms with Crippen molar-refractivity contribution < 1.29 is 4.79 Å². The average Bonchev–Trinajstić information content (AvgIpc) is 2.45. The molecule has 0 aromatic heterocycles. The zero-order valence-electron chi connectivity index (χ0n) is 7.41. The van der Waals surface area contributed by atoms with Crippen LogP contribution in [-0.2, 0) is 4.79 Å². The van der Waals surface area contributed by atoms with Gasteiger partial charge in [0, 0.05) is 28.0 Å². The monoisotopic (exact) mass is 317 g/mol. The summed E-state index contributed by atoms with van der Waals surface area (Å²) in [6.45, 7) is 0.759. The molecule has 74 valence electrons. The SMILES string of the molecule is O=C1CC(Br)CN1c1cccc(Br)c1. The molecule has 1 aromatic carbocycles. The first-order chi connectivity index (χ1) is 6.66. The van der Waals surface area contributed by atoms with Crippen molar-refractivity contribution in [3.8, 4) is 0 Å². The first-order valence-corrected chi connectivity index (χ1v) is 6.07. The fraction of sp³-hybridized carbons (Fsp3) is 0.300. The van der Waals surface area contributed by atoms with Gasteiger partial charge in [-0.2, -0.15) is 0 Å². The fourth-order valence-corrected chi connectivity index (χ4v) is 2.51. The van der Waals surface area contributed by atoms with E-state index in [0.717, 1.165) is 16.7 Å². The highest BCUT2D eigenvalue weighted by Gasteiger charge is 2.28. The minimum atomic E-state index is 0.185. The van der Waals surface area contributed by atoms with Crippen LogP contribution in [0.5, 0.6) is 0 Å². The maximum absolute atomic E-state index is 11.6. The van der Waals surface area contributed by atoms with Gasteiger partial charge in [0.1, 0.15) is 0 Å². The highest BCUT2D eigenvalue weighted by molar-refractivity contribution is 9.10. The Morgan fingerprint density at radius 3 is 2.79 bits per heavy atom. The summed E-state index contributed by atoms with van der Waals surface area (Å²) in [5.41, 5.74) is 0.964. The Balaban J connectivity index is 2.27. The lowest BCUT2D eigenvalue weighted by atomic mass is 10.3. The maximum Gasteiger partial charge on any atom is 0.228 e. The summed E-state index contributed by atoms with van der Waals surface area (Å²) in [7, 11) is 0. The van der Waals surface area contributed by atoms with E-state index in [0.29, 0.717) is 6.42 Å². The third-order valence-corrected chi connectivity index (χ3v) is 3.30. The lowest BCUT2D eigenvalue weighted by Crippen LogP contribution is -2.24. The number of hydrogen-bond acceptors (Lipinski definition) is 1. The highest BCUT2D eigenvalue weighted by Crippen LogP contribution is 2.26. The van der Waals surface area contributed by atoms with Crippen molar-refractivity contribution >= 4 is 43.5 Å². The molecule has 1 heterocycles. The molecule has 14 heavy (non-hydrogen) atoms. The van der Waals surface area contributed by atoms with Crippen LogP contribution in [0.3, 0.4) is 0 Å². The molecule has 0 spiro atoms. The van der Waals surface area contributed by atoms with E-state index >= 15 is 0 Å². The molecule has 1 aromatic rings. The molecule has 2 rings (SSSR count). The van der Waals surface area contributed by atoms with Crippen molar-refractivity contribution in [2.24, 2.45) is 0 Å². The standard InChI is InChI=1S/C10H9Br2NO/c11-7-2-1-3-9(4-7)13-6-8(12)5-10(13)14/h1-4,8H,5-6H2. The van der Waals surface area contributed by atoms with Gasteiger partial charge in [-0.3, -0.25) is 4.79 Å². The van der Waals surface area contributed by atoms with Crippen LogP contribution in [0.1, 0.15) is 6.42 Å². The molecule has 1 fully saturated rings. The molecule has 0 saturated carbocycles. The normalized spacial score (nSPS) is 21.7. The zero-order chi connectivity index (χ0) is 10.1. The first kappa shape index (κ1) is 10.2. The molecule has 1 atom stereocenters. The molecule has 1 aliphatic rings. The van der Waals surface area contributed by atoms with Gasteiger partial charge in [-0.25, -0.2) is 0 Å². The summed E-state index contributed by atoms with van der Waals surface area (Å²) in [5.74, 6) is 0.185. The van der Waals surface area contributed by atoms with Crippen LogP contribution >= 0.6 is 31.9 Å². The Kier molecular flexibility index (Phi) is 2.93. The first-order valence-electron chi connectivity index (χ1n) is 4.37. The molecule has 4 heteroatoms. The summed E-state index contributed by atoms with van der Waals surface area (Å²) in [4.78, 5) is 13.7. The van der Waals surface area contributed by atoms with Gasteiger partial charge in [0.25, 0.3) is 0 Å². The molecular formula is C10H9Br2NO. The quantitative estimate of drug-likeness (QED) is 0.729. The smallest absolute Gasteiger partial charge is 0.228 e. The molecule has 2 nitrogen and oxygen atoms in total. The van der Waals surface area contributed by atoms with Crippen LogP contribution in [0, 0.1) is 0 Å². The Morgan fingerprint density at radius 1 is 1.43 bits per heavy atom. The largest absolute Gasteiger partial charge is 0.311 e. The molecule has 0 N–H and O–H groups in total. The number of nitrogens with zero attached hydrogens (tertiary/aromatic N) is 1. The average molecular weight is 319 g/mol. The Labute approximate surface area is 99.5 Å². The number of hydrogen-bond donors (Lipinski definition) is 0. The predicted octanol–water partition coefficient (Wildman–Crippen LogP) is 2.95. The van der Waals surface area contributed by atoms with Gasteiger partial charge in [-0.1, -0.05) is 37.9 Å². The number of alkyl halides is 1. The number of halogens is 2. The second-order valence-corrected chi connectivity index (χ2v) is 5.50. The molecule has 0 radical (unpaired) electrons. The molecule has 0 bridgehead atoms. The number of anilines is 1. The summed E-state index contributed by atoms with van der Waals surface area (Å²) in [6.07, 6.45) is 0.590. The summed E-state index contributed by atoms with van der Waals surface area (Å²) in [5, 5.41) is 0. The number of carbonyl (C=O) groups excluding carboxylic acids is 1. The van der Waals surface area contributed by atoms with Gasteiger partial charge in [0.2, 0.25) is 5.91 Å². The van der Waals surface area contributed by atoms with Crippen molar-refractivity contribution in [1.82, 2.24) is 0 Å². The van der Waals surface area contributed by atoms with E-state index in [1.807, 2.05) is 29.2 Å². The second kappa shape index (κ2) is 4.03. The van der Waals surface area contributed by atoms with Gasteiger partial charge in [0.05, 0.1) is 0 Å². The van der Waals surface area contributed by atoms with E-state index in [-0.39, 0.29) is 10.7 Å². The predicted molar refractivity (Wildman–Crippen MR) is 63.8 cm³/mol. The van der Waals surface area contributed by atoms with E-state index in [1.165, 1.54) is 0 Å². The van der Waals surface area contributed by atoms with Crippen LogP contribution in [-0.4, -0.2) is 17.3 Å². The van der Waals surface area contributed by atoms with Gasteiger partial charge in [0.15, 0.2) is 0 Å². The number of carbonyl (C=O) groups is 1. The Hall–Kier alpha value is -0.350. The molecule has 1 amide bonds. The third kappa shape index (κ3) is 2.01. The molecule has 1 aliphatic heterocycles. The van der Waals surface area contributed by atoms with Crippen LogP contribution in [0.15, 0.2) is 28.7 Å². The minimum Gasteiger partial charge on any atom is -0.311 e. The maximum atomic E-state index is 11.6. The van der Waals surface area contributed by atoms with Crippen LogP contribution in [0.2, 0.25) is 0 Å². The molecule has 1 unspecified atom stereocenters. The summed E-state index contributed by atoms with van der Waals surface area (Å²) < 4.78 is 1.00. The van der Waals surface area contributed by atoms with Crippen LogP contribution in [0.4, 0.5) is 5.69 Å². The van der Waals surface area contributed by atoms with Crippen molar-refractivity contribution in [3.05, 3.63) is 28.7 Å². The second-order valence-electron chi connectivity index (χ2n) is 3.29. The molecule has 0 aliphatic carbocycles. The Morgan fingerprint density at radius 2 is 2.21 bits per heavy atom. The topological polar surface area (TPSA) is 20.3 Å². The van der Waals surface area contributed by atoms with Gasteiger partial charge >= 0.3 is 0 Å². The zero-order valence-corrected chi connectivity index (χ0v) is 10.6. The van der Waals surface area contributed by atoms with Crippen molar-refractivity contribution in [2.45, 2.75) is 11.2 Å². The summed E-state index contributed by atoms with van der Waals surface area (Å²) >= 11 is 6.86. The number of amides is 1. The third-order valence-electron chi connectivity index (χ3n) is 2.20. The molecular weight excluding hydrogens is 310 g/mol. The Bertz CT molecular complexity index is 367. The number of rotatable bonds is 1. The van der Waals surface area contributed by atoms with E-state index in [9.17, 15) is 4.79 Å². The van der Waals surface area contributed by atoms with Gasteiger partial charge < -0.3 is 4.90 Å². The van der Waals surface area contributed by atoms with E-state index in [4.69, 9.17) is 0 Å². The van der Waals surface area contributed by atoms with Crippen molar-refractivity contribution in [3.63, 3.8) is 0 Å². The van der Waals surface area contributed by atoms with E-state index in [2.05, 4.69) is 31.9 Å². The van der Waals surface area contributed by atoms with Crippen molar-refractivity contribution in [2.75, 3.05) is 11.4 Å². The van der Waals surface area contributed by atoms with Crippen molar-refractivity contribution in [1.29, 1.82) is 0 Å². The van der Waals surface area contributed by atoms with Crippen LogP contribution in [0.25, 0.3) is 0 Å². The number of benzene rings is 1. The highest BCUT2D eigenvalue weighted by atomic mass is 79.9. The lowest BCUT2D eigenvalue weighted by Gasteiger charge is -2.15. The van der Waals surface area contributed by atoms with Crippen LogP contribution < -0.4 is 4.90 Å². The van der Waals surface area contributed by atoms with Gasteiger partial charge in [-0.15, -0.1) is 0 Å². The minimum absolute atomic E-state index is 0.185. The van der Waals surface area contributed by atoms with E-state index in [1.54, 1.807) is 0 Å².